The third-order valence-electron chi connectivity index (χ3n) is 1.33. The average Bonchev–Trinajstić information content (AvgIpc) is 1.99. The van der Waals surface area contributed by atoms with Crippen LogP contribution in [0.5, 0.6) is 0 Å². The fourth-order valence-electron chi connectivity index (χ4n) is 0.876. The maximum absolute atomic E-state index is 5.78. The third kappa shape index (κ3) is 2.86. The molecule has 0 fully saturated rings. The molecule has 12 heavy (non-hydrogen) atoms. The van der Waals surface area contributed by atoms with Crippen LogP contribution < -0.4 is 5.73 Å². The largest absolute Gasteiger partial charge is 0.327 e. The lowest BCUT2D eigenvalue weighted by Crippen LogP contribution is -1.91. The molecule has 3 heteroatoms. The van der Waals surface area contributed by atoms with E-state index >= 15 is 0 Å². The van der Waals surface area contributed by atoms with Gasteiger partial charge in [-0.15, -0.1) is 0 Å². The average molecular weight is 202 g/mol. The van der Waals surface area contributed by atoms with Gasteiger partial charge in [0, 0.05) is 16.6 Å². The maximum atomic E-state index is 5.78. The van der Waals surface area contributed by atoms with Gasteiger partial charge in [-0.2, -0.15) is 0 Å². The summed E-state index contributed by atoms with van der Waals surface area (Å²) in [5.41, 5.74) is 6.27. The molecule has 0 unspecified atom stereocenters. The normalized spacial score (nSPS) is 10.9. The molecule has 0 spiro atoms. The Balaban J connectivity index is 2.93. The van der Waals surface area contributed by atoms with Crippen LogP contribution in [0.4, 0.5) is 0 Å². The van der Waals surface area contributed by atoms with Crippen molar-refractivity contribution in [2.24, 2.45) is 5.73 Å². The van der Waals surface area contributed by atoms with Gasteiger partial charge >= 0.3 is 0 Å². The number of benzene rings is 1. The predicted molar refractivity (Wildman–Crippen MR) is 54.6 cm³/mol. The van der Waals surface area contributed by atoms with Gasteiger partial charge in [-0.1, -0.05) is 35.4 Å². The molecule has 0 saturated carbocycles. The van der Waals surface area contributed by atoms with Gasteiger partial charge < -0.3 is 5.73 Å². The van der Waals surface area contributed by atoms with Crippen molar-refractivity contribution in [3.63, 3.8) is 0 Å². The molecule has 0 radical (unpaired) electrons. The Morgan fingerprint density at radius 1 is 1.17 bits per heavy atom. The van der Waals surface area contributed by atoms with E-state index in [4.69, 9.17) is 28.9 Å². The number of rotatable bonds is 2. The van der Waals surface area contributed by atoms with Crippen LogP contribution in [0.25, 0.3) is 6.08 Å². The number of nitrogens with two attached hydrogens (primary N) is 1. The molecule has 0 saturated heterocycles. The summed E-state index contributed by atoms with van der Waals surface area (Å²) in [6, 6.07) is 5.36. The Labute approximate surface area is 81.8 Å². The van der Waals surface area contributed by atoms with Crippen molar-refractivity contribution < 1.29 is 0 Å². The highest BCUT2D eigenvalue weighted by molar-refractivity contribution is 6.34. The van der Waals surface area contributed by atoms with Gasteiger partial charge in [0.05, 0.1) is 0 Å². The van der Waals surface area contributed by atoms with E-state index in [1.807, 2.05) is 24.3 Å². The molecule has 0 heterocycles. The van der Waals surface area contributed by atoms with Crippen molar-refractivity contribution in [1.29, 1.82) is 0 Å². The first kappa shape index (κ1) is 9.59. The molecule has 0 aliphatic carbocycles. The molecule has 0 bridgehead atoms. The first-order chi connectivity index (χ1) is 5.72. The van der Waals surface area contributed by atoms with E-state index in [0.717, 1.165) is 5.56 Å². The first-order valence-corrected chi connectivity index (χ1v) is 4.30. The fraction of sp³-hybridized carbons (Fsp3) is 0.111. The molecule has 1 rings (SSSR count). The summed E-state index contributed by atoms with van der Waals surface area (Å²) in [5.74, 6) is 0. The molecule has 0 aliphatic heterocycles. The fourth-order valence-corrected chi connectivity index (χ4v) is 1.42. The quantitative estimate of drug-likeness (QED) is 0.783. The lowest BCUT2D eigenvalue weighted by atomic mass is 10.2. The van der Waals surface area contributed by atoms with E-state index in [1.165, 1.54) is 0 Å². The number of halogens is 2. The van der Waals surface area contributed by atoms with E-state index < -0.39 is 0 Å². The summed E-state index contributed by atoms with van der Waals surface area (Å²) in [5, 5.41) is 1.28. The minimum Gasteiger partial charge on any atom is -0.327 e. The first-order valence-electron chi connectivity index (χ1n) is 3.55. The molecule has 0 aliphatic rings. The minimum atomic E-state index is 0.518. The van der Waals surface area contributed by atoms with Gasteiger partial charge in [-0.25, -0.2) is 0 Å². The molecule has 2 N–H and O–H groups in total. The summed E-state index contributed by atoms with van der Waals surface area (Å²) in [4.78, 5) is 0. The van der Waals surface area contributed by atoms with E-state index in [9.17, 15) is 0 Å². The van der Waals surface area contributed by atoms with Gasteiger partial charge in [0.2, 0.25) is 0 Å². The van der Waals surface area contributed by atoms with Crippen molar-refractivity contribution in [2.45, 2.75) is 0 Å². The van der Waals surface area contributed by atoms with E-state index in [0.29, 0.717) is 16.6 Å². The number of hydrogen-bond donors (Lipinski definition) is 1. The maximum Gasteiger partial charge on any atom is 0.0426 e. The molecule has 0 atom stereocenters. The van der Waals surface area contributed by atoms with Gasteiger partial charge in [-0.05, 0) is 23.8 Å². The van der Waals surface area contributed by atoms with Crippen LogP contribution >= 0.6 is 23.2 Å². The van der Waals surface area contributed by atoms with Gasteiger partial charge in [0.25, 0.3) is 0 Å². The van der Waals surface area contributed by atoms with Crippen LogP contribution in [0.3, 0.4) is 0 Å². The van der Waals surface area contributed by atoms with Gasteiger partial charge in [0.1, 0.15) is 0 Å². The van der Waals surface area contributed by atoms with Crippen molar-refractivity contribution in [1.82, 2.24) is 0 Å². The highest BCUT2D eigenvalue weighted by Gasteiger charge is 1.93. The Kier molecular flexibility index (Phi) is 3.60. The standard InChI is InChI=1S/C9H9Cl2N/c10-8-4-7(2-1-3-12)5-9(11)6-8/h1-2,4-6H,3,12H2/b2-1+. The second kappa shape index (κ2) is 4.51. The van der Waals surface area contributed by atoms with Crippen molar-refractivity contribution in [3.8, 4) is 0 Å². The topological polar surface area (TPSA) is 26.0 Å². The summed E-state index contributed by atoms with van der Waals surface area (Å²) in [6.07, 6.45) is 3.74. The van der Waals surface area contributed by atoms with Crippen LogP contribution in [0.15, 0.2) is 24.3 Å². The van der Waals surface area contributed by atoms with E-state index in [1.54, 1.807) is 6.07 Å². The molecular weight excluding hydrogens is 193 g/mol. The zero-order chi connectivity index (χ0) is 8.97. The molecule has 1 aromatic carbocycles. The second-order valence-electron chi connectivity index (χ2n) is 2.34. The molecule has 0 amide bonds. The van der Waals surface area contributed by atoms with Gasteiger partial charge in [0.15, 0.2) is 0 Å². The third-order valence-corrected chi connectivity index (χ3v) is 1.77. The Bertz CT molecular complexity index is 274. The van der Waals surface area contributed by atoms with E-state index in [-0.39, 0.29) is 0 Å². The highest BCUT2D eigenvalue weighted by atomic mass is 35.5. The molecule has 1 nitrogen and oxygen atoms in total. The van der Waals surface area contributed by atoms with Crippen molar-refractivity contribution in [3.05, 3.63) is 39.9 Å². The summed E-state index contributed by atoms with van der Waals surface area (Å²) in [6.45, 7) is 0.518. The Morgan fingerprint density at radius 3 is 2.25 bits per heavy atom. The zero-order valence-corrected chi connectivity index (χ0v) is 7.94. The predicted octanol–water partition coefficient (Wildman–Crippen LogP) is 2.97. The number of hydrogen-bond acceptors (Lipinski definition) is 1. The zero-order valence-electron chi connectivity index (χ0n) is 6.43. The van der Waals surface area contributed by atoms with Crippen molar-refractivity contribution >= 4 is 29.3 Å². The van der Waals surface area contributed by atoms with E-state index in [2.05, 4.69) is 0 Å². The van der Waals surface area contributed by atoms with Crippen LogP contribution in [0.2, 0.25) is 10.0 Å². The van der Waals surface area contributed by atoms with Crippen molar-refractivity contribution in [2.75, 3.05) is 6.54 Å². The summed E-state index contributed by atoms with van der Waals surface area (Å²) >= 11 is 11.6. The monoisotopic (exact) mass is 201 g/mol. The van der Waals surface area contributed by atoms with Crippen LogP contribution in [-0.4, -0.2) is 6.54 Å². The Hall–Kier alpha value is -0.500. The molecular formula is C9H9Cl2N. The molecule has 0 aromatic heterocycles. The van der Waals surface area contributed by atoms with Crippen LogP contribution in [0.1, 0.15) is 5.56 Å². The smallest absolute Gasteiger partial charge is 0.0426 e. The minimum absolute atomic E-state index is 0.518. The van der Waals surface area contributed by atoms with Gasteiger partial charge in [-0.3, -0.25) is 0 Å². The Morgan fingerprint density at radius 2 is 1.75 bits per heavy atom. The SMILES string of the molecule is NC/C=C/c1cc(Cl)cc(Cl)c1. The van der Waals surface area contributed by atoms with Crippen LogP contribution in [0, 0.1) is 0 Å². The summed E-state index contributed by atoms with van der Waals surface area (Å²) in [7, 11) is 0. The lowest BCUT2D eigenvalue weighted by molar-refractivity contribution is 1.26. The van der Waals surface area contributed by atoms with Crippen LogP contribution in [-0.2, 0) is 0 Å². The molecule has 64 valence electrons. The molecule has 1 aromatic rings. The highest BCUT2D eigenvalue weighted by Crippen LogP contribution is 2.19. The second-order valence-corrected chi connectivity index (χ2v) is 3.21. The lowest BCUT2D eigenvalue weighted by Gasteiger charge is -1.96. The summed E-state index contributed by atoms with van der Waals surface area (Å²) < 4.78 is 0.